The number of nitrogens with two attached hydrogens (primary N) is 1. The molecule has 102 valence electrons. The average molecular weight is 251 g/mol. The predicted octanol–water partition coefficient (Wildman–Crippen LogP) is 3.76. The SMILES string of the molecule is CCCCCCOCc1cc(N)ccc1OCC. The van der Waals surface area contributed by atoms with Crippen molar-refractivity contribution in [3.63, 3.8) is 0 Å². The van der Waals surface area contributed by atoms with Gasteiger partial charge in [-0.2, -0.15) is 0 Å². The van der Waals surface area contributed by atoms with Gasteiger partial charge in [-0.05, 0) is 31.5 Å². The zero-order valence-electron chi connectivity index (χ0n) is 11.6. The molecule has 0 heterocycles. The standard InChI is InChI=1S/C15H25NO2/c1-3-5-6-7-10-17-12-13-11-14(16)8-9-15(13)18-4-2/h8-9,11H,3-7,10,12,16H2,1-2H3. The van der Waals surface area contributed by atoms with Crippen LogP contribution in [0.25, 0.3) is 0 Å². The van der Waals surface area contributed by atoms with E-state index < -0.39 is 0 Å². The third-order valence-corrected chi connectivity index (χ3v) is 2.78. The van der Waals surface area contributed by atoms with Gasteiger partial charge in [0.15, 0.2) is 0 Å². The van der Waals surface area contributed by atoms with E-state index in [4.69, 9.17) is 15.2 Å². The number of benzene rings is 1. The highest BCUT2D eigenvalue weighted by molar-refractivity contribution is 5.47. The molecule has 0 aliphatic rings. The van der Waals surface area contributed by atoms with E-state index >= 15 is 0 Å². The molecule has 2 N–H and O–H groups in total. The molecule has 3 nitrogen and oxygen atoms in total. The van der Waals surface area contributed by atoms with Crippen molar-refractivity contribution in [1.82, 2.24) is 0 Å². The van der Waals surface area contributed by atoms with E-state index in [1.54, 1.807) is 0 Å². The Morgan fingerprint density at radius 1 is 1.11 bits per heavy atom. The lowest BCUT2D eigenvalue weighted by Crippen LogP contribution is -2.01. The molecule has 0 amide bonds. The van der Waals surface area contributed by atoms with Crippen LogP contribution in [0.5, 0.6) is 5.75 Å². The second-order valence-electron chi connectivity index (χ2n) is 4.41. The van der Waals surface area contributed by atoms with E-state index in [1.165, 1.54) is 19.3 Å². The van der Waals surface area contributed by atoms with Gasteiger partial charge in [0.05, 0.1) is 13.2 Å². The summed E-state index contributed by atoms with van der Waals surface area (Å²) < 4.78 is 11.2. The van der Waals surface area contributed by atoms with E-state index in [2.05, 4.69) is 6.92 Å². The van der Waals surface area contributed by atoms with E-state index in [0.29, 0.717) is 13.2 Å². The Morgan fingerprint density at radius 2 is 1.94 bits per heavy atom. The third kappa shape index (κ3) is 5.41. The summed E-state index contributed by atoms with van der Waals surface area (Å²) in [5.74, 6) is 0.875. The van der Waals surface area contributed by atoms with Crippen molar-refractivity contribution >= 4 is 5.69 Å². The fourth-order valence-corrected chi connectivity index (χ4v) is 1.82. The second-order valence-corrected chi connectivity index (χ2v) is 4.41. The van der Waals surface area contributed by atoms with E-state index in [9.17, 15) is 0 Å². The first-order valence-corrected chi connectivity index (χ1v) is 6.86. The zero-order chi connectivity index (χ0) is 13.2. The molecule has 1 aromatic carbocycles. The van der Waals surface area contributed by atoms with Gasteiger partial charge in [-0.15, -0.1) is 0 Å². The van der Waals surface area contributed by atoms with Crippen LogP contribution in [-0.4, -0.2) is 13.2 Å². The van der Waals surface area contributed by atoms with Crippen LogP contribution in [0.3, 0.4) is 0 Å². The van der Waals surface area contributed by atoms with Crippen LogP contribution < -0.4 is 10.5 Å². The number of hydrogen-bond donors (Lipinski definition) is 1. The van der Waals surface area contributed by atoms with E-state index in [0.717, 1.165) is 30.0 Å². The highest BCUT2D eigenvalue weighted by Crippen LogP contribution is 2.22. The fourth-order valence-electron chi connectivity index (χ4n) is 1.82. The van der Waals surface area contributed by atoms with Crippen LogP contribution in [0.2, 0.25) is 0 Å². The molecule has 0 aliphatic carbocycles. The Morgan fingerprint density at radius 3 is 2.67 bits per heavy atom. The zero-order valence-corrected chi connectivity index (χ0v) is 11.6. The number of rotatable bonds is 9. The predicted molar refractivity (Wildman–Crippen MR) is 75.8 cm³/mol. The summed E-state index contributed by atoms with van der Waals surface area (Å²) in [6, 6.07) is 5.70. The van der Waals surface area contributed by atoms with Gasteiger partial charge in [-0.3, -0.25) is 0 Å². The lowest BCUT2D eigenvalue weighted by Gasteiger charge is -2.11. The van der Waals surface area contributed by atoms with Crippen molar-refractivity contribution in [2.45, 2.75) is 46.1 Å². The smallest absolute Gasteiger partial charge is 0.124 e. The summed E-state index contributed by atoms with van der Waals surface area (Å²) >= 11 is 0. The molecule has 0 bridgehead atoms. The molecule has 0 atom stereocenters. The first kappa shape index (κ1) is 14.8. The maximum absolute atomic E-state index is 5.78. The van der Waals surface area contributed by atoms with Crippen molar-refractivity contribution in [2.24, 2.45) is 0 Å². The fraction of sp³-hybridized carbons (Fsp3) is 0.600. The molecule has 0 unspecified atom stereocenters. The van der Waals surface area contributed by atoms with Gasteiger partial charge >= 0.3 is 0 Å². The van der Waals surface area contributed by atoms with Crippen LogP contribution in [-0.2, 0) is 11.3 Å². The molecule has 18 heavy (non-hydrogen) atoms. The van der Waals surface area contributed by atoms with Crippen molar-refractivity contribution in [2.75, 3.05) is 18.9 Å². The largest absolute Gasteiger partial charge is 0.494 e. The molecule has 1 aromatic rings. The minimum absolute atomic E-state index is 0.576. The Balaban J connectivity index is 2.37. The maximum atomic E-state index is 5.78. The van der Waals surface area contributed by atoms with Gasteiger partial charge in [-0.25, -0.2) is 0 Å². The van der Waals surface area contributed by atoms with Gasteiger partial charge in [0.1, 0.15) is 5.75 Å². The molecule has 0 saturated heterocycles. The summed E-state index contributed by atoms with van der Waals surface area (Å²) in [7, 11) is 0. The maximum Gasteiger partial charge on any atom is 0.124 e. The number of anilines is 1. The molecular weight excluding hydrogens is 226 g/mol. The molecule has 0 aliphatic heterocycles. The number of hydrogen-bond acceptors (Lipinski definition) is 3. The molecule has 0 spiro atoms. The summed E-state index contributed by atoms with van der Waals surface area (Å²) in [6.07, 6.45) is 4.90. The van der Waals surface area contributed by atoms with Gasteiger partial charge in [0.2, 0.25) is 0 Å². The normalized spacial score (nSPS) is 10.6. The molecule has 0 saturated carbocycles. The number of unbranched alkanes of at least 4 members (excludes halogenated alkanes) is 3. The van der Waals surface area contributed by atoms with Crippen molar-refractivity contribution < 1.29 is 9.47 Å². The van der Waals surface area contributed by atoms with Crippen LogP contribution in [0, 0.1) is 0 Å². The Bertz CT molecular complexity index is 339. The molecule has 0 fully saturated rings. The lowest BCUT2D eigenvalue weighted by atomic mass is 10.2. The minimum Gasteiger partial charge on any atom is -0.494 e. The van der Waals surface area contributed by atoms with Crippen molar-refractivity contribution in [3.8, 4) is 5.75 Å². The first-order valence-electron chi connectivity index (χ1n) is 6.86. The summed E-state index contributed by atoms with van der Waals surface area (Å²) in [5.41, 5.74) is 7.57. The van der Waals surface area contributed by atoms with Crippen molar-refractivity contribution in [1.29, 1.82) is 0 Å². The number of nitrogen functional groups attached to an aromatic ring is 1. The second kappa shape index (κ2) is 8.81. The van der Waals surface area contributed by atoms with Gasteiger partial charge in [0, 0.05) is 17.9 Å². The summed E-state index contributed by atoms with van der Waals surface area (Å²) in [5, 5.41) is 0. The monoisotopic (exact) mass is 251 g/mol. The summed E-state index contributed by atoms with van der Waals surface area (Å²) in [4.78, 5) is 0. The third-order valence-electron chi connectivity index (χ3n) is 2.78. The first-order chi connectivity index (χ1) is 8.77. The summed E-state index contributed by atoms with van der Waals surface area (Å²) in [6.45, 7) is 6.23. The minimum atomic E-state index is 0.576. The van der Waals surface area contributed by atoms with Crippen LogP contribution in [0.4, 0.5) is 5.69 Å². The lowest BCUT2D eigenvalue weighted by molar-refractivity contribution is 0.114. The molecular formula is C15H25NO2. The molecule has 1 rings (SSSR count). The molecule has 3 heteroatoms. The Kier molecular flexibility index (Phi) is 7.26. The Labute approximate surface area is 110 Å². The van der Waals surface area contributed by atoms with E-state index in [-0.39, 0.29) is 0 Å². The molecule has 0 aromatic heterocycles. The highest BCUT2D eigenvalue weighted by atomic mass is 16.5. The molecule has 0 radical (unpaired) electrons. The van der Waals surface area contributed by atoms with Crippen LogP contribution in [0.15, 0.2) is 18.2 Å². The van der Waals surface area contributed by atoms with Crippen molar-refractivity contribution in [3.05, 3.63) is 23.8 Å². The quantitative estimate of drug-likeness (QED) is 0.537. The highest BCUT2D eigenvalue weighted by Gasteiger charge is 2.04. The topological polar surface area (TPSA) is 44.5 Å². The van der Waals surface area contributed by atoms with Gasteiger partial charge in [0.25, 0.3) is 0 Å². The van der Waals surface area contributed by atoms with Gasteiger partial charge in [-0.1, -0.05) is 26.2 Å². The number of ether oxygens (including phenoxy) is 2. The van der Waals surface area contributed by atoms with Crippen LogP contribution >= 0.6 is 0 Å². The van der Waals surface area contributed by atoms with Crippen LogP contribution in [0.1, 0.15) is 45.1 Å². The average Bonchev–Trinajstić information content (AvgIpc) is 2.37. The van der Waals surface area contributed by atoms with E-state index in [1.807, 2.05) is 25.1 Å². The Hall–Kier alpha value is -1.22. The van der Waals surface area contributed by atoms with Gasteiger partial charge < -0.3 is 15.2 Å².